The Morgan fingerprint density at radius 2 is 1.70 bits per heavy atom. The molecule has 0 aliphatic carbocycles. The minimum Gasteiger partial charge on any atom is -0.465 e. The maximum absolute atomic E-state index is 13.0. The largest absolute Gasteiger partial charge is 0.465 e. The molecule has 140 valence electrons. The maximum Gasteiger partial charge on any atom is 0.332 e. The van der Waals surface area contributed by atoms with Gasteiger partial charge in [0.15, 0.2) is 0 Å². The van der Waals surface area contributed by atoms with Gasteiger partial charge >= 0.3 is 11.7 Å². The summed E-state index contributed by atoms with van der Waals surface area (Å²) in [5, 5.41) is 1.13. The van der Waals surface area contributed by atoms with E-state index in [9.17, 15) is 14.4 Å². The molecule has 2 aromatic carbocycles. The smallest absolute Gasteiger partial charge is 0.332 e. The van der Waals surface area contributed by atoms with Crippen molar-refractivity contribution in [3.63, 3.8) is 0 Å². The van der Waals surface area contributed by atoms with Gasteiger partial charge in [-0.15, -0.1) is 0 Å². The van der Waals surface area contributed by atoms with E-state index in [1.54, 1.807) is 49.4 Å². The summed E-state index contributed by atoms with van der Waals surface area (Å²) >= 11 is 12.0. The molecule has 0 amide bonds. The fourth-order valence-electron chi connectivity index (χ4n) is 2.88. The van der Waals surface area contributed by atoms with Gasteiger partial charge in [-0.1, -0.05) is 35.3 Å². The van der Waals surface area contributed by atoms with Gasteiger partial charge in [0, 0.05) is 10.0 Å². The number of carbonyl (C=O) groups excluding carboxylic acids is 1. The van der Waals surface area contributed by atoms with Gasteiger partial charge < -0.3 is 4.74 Å². The average molecular weight is 407 g/mol. The molecule has 0 unspecified atom stereocenters. The molecule has 1 aromatic heterocycles. The lowest BCUT2D eigenvalue weighted by atomic mass is 10.2. The predicted molar refractivity (Wildman–Crippen MR) is 105 cm³/mol. The number of hydrogen-bond acceptors (Lipinski definition) is 4. The van der Waals surface area contributed by atoms with Gasteiger partial charge in [-0.05, 0) is 42.8 Å². The molecule has 0 aliphatic rings. The molecule has 0 spiro atoms. The number of halogens is 2. The Hall–Kier alpha value is -2.57. The first-order chi connectivity index (χ1) is 12.9. The van der Waals surface area contributed by atoms with Crippen LogP contribution in [0.2, 0.25) is 10.0 Å². The molecule has 6 nitrogen and oxygen atoms in total. The molecular formula is C19H16Cl2N2O4. The van der Waals surface area contributed by atoms with Crippen molar-refractivity contribution in [1.29, 1.82) is 0 Å². The highest BCUT2D eigenvalue weighted by Gasteiger charge is 2.16. The van der Waals surface area contributed by atoms with Crippen LogP contribution in [0.4, 0.5) is 0 Å². The Kier molecular flexibility index (Phi) is 5.68. The summed E-state index contributed by atoms with van der Waals surface area (Å²) in [4.78, 5) is 37.8. The molecule has 1 heterocycles. The number of carbonyl (C=O) groups is 1. The molecule has 0 radical (unpaired) electrons. The number of ether oxygens (including phenoxy) is 1. The highest BCUT2D eigenvalue weighted by atomic mass is 35.5. The molecule has 3 aromatic rings. The second-order valence-electron chi connectivity index (χ2n) is 5.86. The Labute approximate surface area is 164 Å². The third-order valence-electron chi connectivity index (χ3n) is 3.99. The topological polar surface area (TPSA) is 70.3 Å². The molecule has 3 rings (SSSR count). The average Bonchev–Trinajstić information content (AvgIpc) is 2.62. The maximum atomic E-state index is 13.0. The number of aromatic nitrogens is 2. The van der Waals surface area contributed by atoms with E-state index in [1.165, 1.54) is 4.57 Å². The summed E-state index contributed by atoms with van der Waals surface area (Å²) in [6, 6.07) is 11.5. The van der Waals surface area contributed by atoms with Gasteiger partial charge in [-0.25, -0.2) is 4.79 Å². The Morgan fingerprint density at radius 1 is 1.04 bits per heavy atom. The Balaban J connectivity index is 2.19. The van der Waals surface area contributed by atoms with Crippen molar-refractivity contribution in [2.24, 2.45) is 0 Å². The molecule has 0 saturated heterocycles. The zero-order chi connectivity index (χ0) is 19.6. The lowest BCUT2D eigenvalue weighted by Crippen LogP contribution is -2.41. The summed E-state index contributed by atoms with van der Waals surface area (Å²) in [5.41, 5.74) is -0.0831. The van der Waals surface area contributed by atoms with Crippen LogP contribution in [0.5, 0.6) is 0 Å². The predicted octanol–water partition coefficient (Wildman–Crippen LogP) is 3.08. The van der Waals surface area contributed by atoms with Crippen LogP contribution in [0.1, 0.15) is 12.5 Å². The fourth-order valence-corrected chi connectivity index (χ4v) is 3.45. The third kappa shape index (κ3) is 4.07. The van der Waals surface area contributed by atoms with Crippen molar-refractivity contribution >= 4 is 40.1 Å². The number of esters is 1. The molecular weight excluding hydrogens is 391 g/mol. The Bertz CT molecular complexity index is 1110. The third-order valence-corrected chi connectivity index (χ3v) is 4.42. The normalized spacial score (nSPS) is 10.9. The first-order valence-corrected chi connectivity index (χ1v) is 8.99. The van der Waals surface area contributed by atoms with Crippen LogP contribution in [0, 0.1) is 0 Å². The van der Waals surface area contributed by atoms with E-state index in [0.717, 1.165) is 4.57 Å². The first kappa shape index (κ1) is 19.2. The van der Waals surface area contributed by atoms with E-state index in [0.29, 0.717) is 26.5 Å². The second kappa shape index (κ2) is 7.98. The van der Waals surface area contributed by atoms with Gasteiger partial charge in [0.2, 0.25) is 0 Å². The molecule has 0 atom stereocenters. The first-order valence-electron chi connectivity index (χ1n) is 8.23. The van der Waals surface area contributed by atoms with Gasteiger partial charge in [0.25, 0.3) is 5.56 Å². The summed E-state index contributed by atoms with van der Waals surface area (Å²) in [6.45, 7) is 1.57. The number of nitrogens with zero attached hydrogens (tertiary/aromatic N) is 2. The van der Waals surface area contributed by atoms with Gasteiger partial charge in [-0.2, -0.15) is 0 Å². The molecule has 8 heteroatoms. The minimum absolute atomic E-state index is 0.0222. The quantitative estimate of drug-likeness (QED) is 0.610. The number of benzene rings is 2. The molecule has 0 bridgehead atoms. The minimum atomic E-state index is -0.608. The van der Waals surface area contributed by atoms with Crippen molar-refractivity contribution in [3.05, 3.63) is 78.9 Å². The fraction of sp³-hybridized carbons (Fsp3) is 0.211. The Morgan fingerprint density at radius 3 is 2.37 bits per heavy atom. The lowest BCUT2D eigenvalue weighted by Gasteiger charge is -2.14. The zero-order valence-electron chi connectivity index (χ0n) is 14.4. The van der Waals surface area contributed by atoms with Crippen molar-refractivity contribution in [2.75, 3.05) is 6.61 Å². The highest BCUT2D eigenvalue weighted by Crippen LogP contribution is 2.19. The summed E-state index contributed by atoms with van der Waals surface area (Å²) in [6.07, 6.45) is 0. The number of hydrogen-bond donors (Lipinski definition) is 0. The summed E-state index contributed by atoms with van der Waals surface area (Å²) in [5.74, 6) is -0.555. The van der Waals surface area contributed by atoms with Crippen LogP contribution in [-0.2, 0) is 22.6 Å². The number of rotatable bonds is 5. The van der Waals surface area contributed by atoms with Gasteiger partial charge in [0.1, 0.15) is 6.54 Å². The monoisotopic (exact) mass is 406 g/mol. The van der Waals surface area contributed by atoms with E-state index in [1.807, 2.05) is 0 Å². The number of fused-ring (bicyclic) bond motifs is 1. The van der Waals surface area contributed by atoms with Crippen LogP contribution in [-0.4, -0.2) is 21.7 Å². The molecule has 0 aliphatic heterocycles. The van der Waals surface area contributed by atoms with Crippen LogP contribution < -0.4 is 11.2 Å². The van der Waals surface area contributed by atoms with Crippen LogP contribution in [0.3, 0.4) is 0 Å². The molecule has 27 heavy (non-hydrogen) atoms. The van der Waals surface area contributed by atoms with Crippen molar-refractivity contribution in [1.82, 2.24) is 9.13 Å². The lowest BCUT2D eigenvalue weighted by molar-refractivity contribution is -0.143. The van der Waals surface area contributed by atoms with Crippen molar-refractivity contribution in [2.45, 2.75) is 20.0 Å². The van der Waals surface area contributed by atoms with Crippen molar-refractivity contribution in [3.8, 4) is 0 Å². The van der Waals surface area contributed by atoms with Crippen molar-refractivity contribution < 1.29 is 9.53 Å². The second-order valence-corrected chi connectivity index (χ2v) is 6.73. The zero-order valence-corrected chi connectivity index (χ0v) is 16.0. The van der Waals surface area contributed by atoms with Gasteiger partial charge in [0.05, 0.1) is 24.1 Å². The van der Waals surface area contributed by atoms with Crippen LogP contribution in [0.15, 0.2) is 52.1 Å². The van der Waals surface area contributed by atoms with E-state index >= 15 is 0 Å². The van der Waals surface area contributed by atoms with Gasteiger partial charge in [-0.3, -0.25) is 18.7 Å². The SMILES string of the molecule is CCOC(=O)Cn1c(=O)n(Cc2cc(Cl)cc(Cl)c2)c(=O)c2ccccc21. The standard InChI is InChI=1S/C19H16Cl2N2O4/c1-2-27-17(24)11-22-16-6-4-3-5-15(16)18(25)23(19(22)26)10-12-7-13(20)9-14(21)8-12/h3-9H,2,10-11H2,1H3. The van der Waals surface area contributed by atoms with E-state index < -0.39 is 17.2 Å². The van der Waals surface area contributed by atoms with E-state index in [2.05, 4.69) is 0 Å². The van der Waals surface area contributed by atoms with Crippen LogP contribution in [0.25, 0.3) is 10.9 Å². The molecule has 0 N–H and O–H groups in total. The van der Waals surface area contributed by atoms with E-state index in [4.69, 9.17) is 27.9 Å². The summed E-state index contributed by atoms with van der Waals surface area (Å²) < 4.78 is 7.24. The molecule has 0 saturated carbocycles. The summed E-state index contributed by atoms with van der Waals surface area (Å²) in [7, 11) is 0. The van der Waals surface area contributed by atoms with E-state index in [-0.39, 0.29) is 19.7 Å². The highest BCUT2D eigenvalue weighted by molar-refractivity contribution is 6.34. The van der Waals surface area contributed by atoms with Crippen LogP contribution >= 0.6 is 23.2 Å². The number of para-hydroxylation sites is 1. The molecule has 0 fully saturated rings.